The van der Waals surface area contributed by atoms with Crippen LogP contribution in [0.15, 0.2) is 97.6 Å². The average Bonchev–Trinajstić information content (AvgIpc) is 4.16. The second kappa shape index (κ2) is 19.0. The van der Waals surface area contributed by atoms with Gasteiger partial charge in [-0.05, 0) is 87.1 Å². The van der Waals surface area contributed by atoms with Crippen molar-refractivity contribution in [2.75, 3.05) is 49.6 Å². The minimum absolute atomic E-state index is 0.136. The number of benzene rings is 4. The van der Waals surface area contributed by atoms with Crippen LogP contribution in [0.4, 0.5) is 34.9 Å². The fraction of sp³-hybridized carbons (Fsp3) is 0.250. The average molecular weight is 924 g/mol. The van der Waals surface area contributed by atoms with Gasteiger partial charge in [0.1, 0.15) is 58.8 Å². The lowest BCUT2D eigenvalue weighted by Gasteiger charge is -2.16. The van der Waals surface area contributed by atoms with Gasteiger partial charge in [-0.25, -0.2) is 29.3 Å². The summed E-state index contributed by atoms with van der Waals surface area (Å²) >= 11 is 13.0. The number of hydrogen-bond donors (Lipinski definition) is 4. The number of nitrogens with one attached hydrogen (secondary N) is 4. The molecule has 0 spiro atoms. The third kappa shape index (κ3) is 8.89. The molecule has 4 heterocycles. The molecule has 0 amide bonds. The van der Waals surface area contributed by atoms with Crippen LogP contribution in [-0.4, -0.2) is 77.8 Å². The quantitative estimate of drug-likeness (QED) is 0.0910. The Bertz CT molecular complexity index is 2840. The topological polar surface area (TPSA) is 180 Å². The molecule has 18 heteroatoms. The van der Waals surface area contributed by atoms with Crippen LogP contribution in [0.5, 0.6) is 11.5 Å². The van der Waals surface area contributed by atoms with Gasteiger partial charge in [-0.15, -0.1) is 0 Å². The van der Waals surface area contributed by atoms with E-state index in [2.05, 4.69) is 53.6 Å². The predicted octanol–water partition coefficient (Wildman–Crippen LogP) is 9.78. The molecule has 0 bridgehead atoms. The van der Waals surface area contributed by atoms with Gasteiger partial charge >= 0.3 is 0 Å². The van der Waals surface area contributed by atoms with Crippen molar-refractivity contribution < 1.29 is 9.47 Å². The van der Waals surface area contributed by atoms with Gasteiger partial charge in [-0.1, -0.05) is 59.6 Å². The summed E-state index contributed by atoms with van der Waals surface area (Å²) in [6.45, 7) is 3.69. The number of hydrogen-bond acceptors (Lipinski definition) is 14. The number of nitrogens with zero attached hydrogens (tertiary/aromatic N) is 10. The molecule has 0 saturated heterocycles. The Labute approximate surface area is 392 Å². The van der Waals surface area contributed by atoms with E-state index in [0.29, 0.717) is 35.0 Å². The molecule has 66 heavy (non-hydrogen) atoms. The Kier molecular flexibility index (Phi) is 12.7. The van der Waals surface area contributed by atoms with Crippen molar-refractivity contribution in [3.05, 3.63) is 153 Å². The summed E-state index contributed by atoms with van der Waals surface area (Å²) in [6.07, 6.45) is 7.04. The van der Waals surface area contributed by atoms with E-state index in [0.717, 1.165) is 104 Å². The fourth-order valence-electron chi connectivity index (χ4n) is 8.64. The highest BCUT2D eigenvalue weighted by Gasteiger charge is 2.32. The minimum atomic E-state index is 0.136. The van der Waals surface area contributed by atoms with Crippen molar-refractivity contribution >= 4 is 58.1 Å². The number of anilines is 6. The maximum absolute atomic E-state index is 6.51. The van der Waals surface area contributed by atoms with Crippen molar-refractivity contribution in [1.82, 2.24) is 49.5 Å². The van der Waals surface area contributed by atoms with Gasteiger partial charge < -0.3 is 30.7 Å². The molecule has 0 saturated carbocycles. The van der Waals surface area contributed by atoms with Crippen LogP contribution in [0.25, 0.3) is 11.4 Å². The van der Waals surface area contributed by atoms with Crippen LogP contribution in [-0.2, 0) is 12.8 Å². The molecule has 4 aromatic heterocycles. The Hall–Kier alpha value is -7.30. The number of ether oxygens (including phenoxy) is 2. The lowest BCUT2D eigenvalue weighted by atomic mass is 9.96. The van der Waals surface area contributed by atoms with Crippen molar-refractivity contribution in [3.63, 3.8) is 0 Å². The summed E-state index contributed by atoms with van der Waals surface area (Å²) < 4.78 is 14.6. The molecule has 336 valence electrons. The summed E-state index contributed by atoms with van der Waals surface area (Å²) in [5.41, 5.74) is 9.70. The van der Waals surface area contributed by atoms with Gasteiger partial charge in [0.15, 0.2) is 0 Å². The standard InChI is InChI=1S/2C24H24ClN7O/c2*1-14-27-13-32(31-14)20-11-8-15(12-21(20)33-3)28-24-29-22-17(16-6-4-5-7-19(16)25)9-10-18(22)23(26-2)30-24/h2*4-8,11-13,17H,9-10H2,1-3H3,(H2,26,28,29,30)/t2*17-/m10/s1. The van der Waals surface area contributed by atoms with E-state index in [1.54, 1.807) is 36.2 Å². The first-order valence-electron chi connectivity index (χ1n) is 21.5. The Morgan fingerprint density at radius 3 is 1.36 bits per heavy atom. The monoisotopic (exact) mass is 922 g/mol. The summed E-state index contributed by atoms with van der Waals surface area (Å²) in [6, 6.07) is 27.5. The largest absolute Gasteiger partial charge is 0.494 e. The number of fused-ring (bicyclic) bond motifs is 2. The first-order valence-corrected chi connectivity index (χ1v) is 22.2. The minimum Gasteiger partial charge on any atom is -0.494 e. The molecular formula is C48H48Cl2N14O2. The number of methoxy groups -OCH3 is 2. The normalized spacial score (nSPS) is 14.7. The van der Waals surface area contributed by atoms with Crippen molar-refractivity contribution in [1.29, 1.82) is 0 Å². The van der Waals surface area contributed by atoms with Gasteiger partial charge in [0.05, 0.1) is 25.6 Å². The molecule has 8 aromatic rings. The molecule has 2 atom stereocenters. The summed E-state index contributed by atoms with van der Waals surface area (Å²) in [5.74, 6) is 5.68. The van der Waals surface area contributed by atoms with Crippen molar-refractivity contribution in [2.45, 2.75) is 51.4 Å². The SMILES string of the molecule is CNc1nc(Nc2ccc(-n3cnc(C)n3)c(OC)c2)nc2c1CC[C@@H]2c1ccccc1Cl.CNc1nc(Nc2ccc(-n3cnc(C)n3)c(OC)c2)nc2c1CC[C@H]2c1ccccc1Cl. The van der Waals surface area contributed by atoms with Crippen LogP contribution < -0.4 is 30.7 Å². The van der Waals surface area contributed by atoms with E-state index in [9.17, 15) is 0 Å². The zero-order chi connectivity index (χ0) is 45.9. The van der Waals surface area contributed by atoms with Crippen LogP contribution in [0.3, 0.4) is 0 Å². The zero-order valence-corrected chi connectivity index (χ0v) is 38.8. The first kappa shape index (κ1) is 43.9. The molecule has 10 rings (SSSR count). The molecule has 4 N–H and O–H groups in total. The Morgan fingerprint density at radius 1 is 0.576 bits per heavy atom. The van der Waals surface area contributed by atoms with E-state index < -0.39 is 0 Å². The van der Waals surface area contributed by atoms with E-state index in [1.807, 2.05) is 101 Å². The van der Waals surface area contributed by atoms with E-state index in [4.69, 9.17) is 52.6 Å². The maximum atomic E-state index is 6.51. The summed E-state index contributed by atoms with van der Waals surface area (Å²) in [7, 11) is 7.03. The van der Waals surface area contributed by atoms with E-state index >= 15 is 0 Å². The first-order chi connectivity index (χ1) is 32.1. The highest BCUT2D eigenvalue weighted by Crippen LogP contribution is 2.44. The van der Waals surface area contributed by atoms with Crippen LogP contribution in [0, 0.1) is 13.8 Å². The number of halogens is 2. The molecule has 0 aliphatic heterocycles. The second-order valence-electron chi connectivity index (χ2n) is 15.7. The molecule has 2 aliphatic carbocycles. The molecule has 2 aliphatic rings. The lowest BCUT2D eigenvalue weighted by Crippen LogP contribution is -2.08. The van der Waals surface area contributed by atoms with Crippen LogP contribution in [0.1, 0.15) is 70.0 Å². The third-order valence-electron chi connectivity index (χ3n) is 11.7. The zero-order valence-electron chi connectivity index (χ0n) is 37.3. The van der Waals surface area contributed by atoms with Crippen molar-refractivity contribution in [3.8, 4) is 22.9 Å². The Morgan fingerprint density at radius 2 is 1.00 bits per heavy atom. The molecule has 0 fully saturated rings. The van der Waals surface area contributed by atoms with Gasteiger partial charge in [0, 0.05) is 70.6 Å². The molecule has 16 nitrogen and oxygen atoms in total. The second-order valence-corrected chi connectivity index (χ2v) is 16.6. The predicted molar refractivity (Wildman–Crippen MR) is 258 cm³/mol. The smallest absolute Gasteiger partial charge is 0.229 e. The highest BCUT2D eigenvalue weighted by molar-refractivity contribution is 6.31. The van der Waals surface area contributed by atoms with E-state index in [1.165, 1.54) is 0 Å². The number of rotatable bonds is 12. The highest BCUT2D eigenvalue weighted by atomic mass is 35.5. The van der Waals surface area contributed by atoms with Gasteiger partial charge in [0.25, 0.3) is 0 Å². The Balaban J connectivity index is 0.000000166. The van der Waals surface area contributed by atoms with Crippen LogP contribution >= 0.6 is 23.2 Å². The molecule has 4 aromatic carbocycles. The molecular weight excluding hydrogens is 876 g/mol. The molecule has 0 radical (unpaired) electrons. The third-order valence-corrected chi connectivity index (χ3v) is 12.4. The van der Waals surface area contributed by atoms with Gasteiger partial charge in [-0.2, -0.15) is 20.2 Å². The maximum Gasteiger partial charge on any atom is 0.229 e. The molecule has 0 unspecified atom stereocenters. The summed E-state index contributed by atoms with van der Waals surface area (Å²) in [5, 5.41) is 23.4. The van der Waals surface area contributed by atoms with Gasteiger partial charge in [0.2, 0.25) is 11.9 Å². The van der Waals surface area contributed by atoms with E-state index in [-0.39, 0.29) is 11.8 Å². The fourth-order valence-corrected chi connectivity index (χ4v) is 9.18. The van der Waals surface area contributed by atoms with Crippen molar-refractivity contribution in [2.24, 2.45) is 0 Å². The summed E-state index contributed by atoms with van der Waals surface area (Å²) in [4.78, 5) is 27.6. The van der Waals surface area contributed by atoms with Crippen LogP contribution in [0.2, 0.25) is 10.0 Å². The number of aryl methyl sites for hydroxylation is 2. The number of aromatic nitrogens is 10. The van der Waals surface area contributed by atoms with Gasteiger partial charge in [-0.3, -0.25) is 0 Å². The lowest BCUT2D eigenvalue weighted by molar-refractivity contribution is 0.412.